The molecule has 0 atom stereocenters. The molecule has 6 nitrogen and oxygen atoms in total. The summed E-state index contributed by atoms with van der Waals surface area (Å²) in [6.45, 7) is 10.2. The molecule has 1 heterocycles. The van der Waals surface area contributed by atoms with Gasteiger partial charge in [-0.1, -0.05) is 18.2 Å². The average molecular weight is 422 g/mol. The number of rotatable bonds is 12. The normalized spacial score (nSPS) is 16.2. The van der Waals surface area contributed by atoms with Crippen LogP contribution in [0.5, 0.6) is 0 Å². The number of methoxy groups -OCH3 is 1. The smallest absolute Gasteiger partial charge is 0.191 e. The molecule has 7 heteroatoms. The van der Waals surface area contributed by atoms with E-state index in [2.05, 4.69) is 34.4 Å². The summed E-state index contributed by atoms with van der Waals surface area (Å²) in [4.78, 5) is 9.47. The maximum Gasteiger partial charge on any atom is 0.191 e. The number of hydrogen-bond acceptors (Lipinski definition) is 4. The van der Waals surface area contributed by atoms with Gasteiger partial charge in [-0.3, -0.25) is 9.89 Å². The third-order valence-corrected chi connectivity index (χ3v) is 5.59. The lowest BCUT2D eigenvalue weighted by atomic mass is 9.96. The standard InChI is InChI=1S/C23H40FN5O/c1-4-25-23(26-12-16-28(2)13-7-17-30-3)27-18-20-10-14-29(15-11-20)19-21-8-5-6-9-22(21)24/h5-6,8-9,20H,4,7,10-19H2,1-3H3,(H2,25,26,27). The number of ether oxygens (including phenoxy) is 1. The first-order chi connectivity index (χ1) is 14.6. The molecule has 0 amide bonds. The summed E-state index contributed by atoms with van der Waals surface area (Å²) in [5.74, 6) is 1.39. The Morgan fingerprint density at radius 2 is 2.00 bits per heavy atom. The Kier molecular flexibility index (Phi) is 11.7. The van der Waals surface area contributed by atoms with Gasteiger partial charge in [-0.05, 0) is 58.3 Å². The number of halogens is 1. The van der Waals surface area contributed by atoms with Crippen LogP contribution in [-0.4, -0.2) is 82.3 Å². The number of nitrogens with one attached hydrogen (secondary N) is 2. The fourth-order valence-corrected chi connectivity index (χ4v) is 3.71. The zero-order valence-electron chi connectivity index (χ0n) is 19.0. The minimum absolute atomic E-state index is 0.102. The molecule has 170 valence electrons. The van der Waals surface area contributed by atoms with Crippen molar-refractivity contribution < 1.29 is 9.13 Å². The molecule has 0 unspecified atom stereocenters. The van der Waals surface area contributed by atoms with Crippen LogP contribution in [0.25, 0.3) is 0 Å². The first-order valence-corrected chi connectivity index (χ1v) is 11.3. The summed E-state index contributed by atoms with van der Waals surface area (Å²) in [6, 6.07) is 7.09. The number of nitrogens with zero attached hydrogens (tertiary/aromatic N) is 3. The molecule has 1 aliphatic rings. The summed E-state index contributed by atoms with van der Waals surface area (Å²) in [6.07, 6.45) is 3.27. The second-order valence-electron chi connectivity index (χ2n) is 8.11. The van der Waals surface area contributed by atoms with Crippen molar-refractivity contribution in [3.8, 4) is 0 Å². The number of guanidine groups is 1. The number of aliphatic imine (C=N–C) groups is 1. The van der Waals surface area contributed by atoms with Crippen molar-refractivity contribution in [3.05, 3.63) is 35.6 Å². The molecule has 30 heavy (non-hydrogen) atoms. The van der Waals surface area contributed by atoms with E-state index in [4.69, 9.17) is 9.73 Å². The van der Waals surface area contributed by atoms with Gasteiger partial charge in [-0.2, -0.15) is 0 Å². The molecule has 0 spiro atoms. The van der Waals surface area contributed by atoms with E-state index in [1.807, 2.05) is 12.1 Å². The minimum atomic E-state index is -0.102. The first-order valence-electron chi connectivity index (χ1n) is 11.3. The Morgan fingerprint density at radius 1 is 1.23 bits per heavy atom. The van der Waals surface area contributed by atoms with Gasteiger partial charge < -0.3 is 20.3 Å². The minimum Gasteiger partial charge on any atom is -0.385 e. The molecule has 0 bridgehead atoms. The quantitative estimate of drug-likeness (QED) is 0.309. The molecule has 0 aliphatic carbocycles. The molecule has 1 aromatic rings. The zero-order chi connectivity index (χ0) is 21.6. The van der Waals surface area contributed by atoms with Gasteiger partial charge in [0.05, 0.1) is 0 Å². The van der Waals surface area contributed by atoms with E-state index in [-0.39, 0.29) is 5.82 Å². The Bertz CT molecular complexity index is 619. The van der Waals surface area contributed by atoms with Crippen molar-refractivity contribution >= 4 is 5.96 Å². The van der Waals surface area contributed by atoms with Crippen LogP contribution in [0.2, 0.25) is 0 Å². The molecular formula is C23H40FN5O. The lowest BCUT2D eigenvalue weighted by Crippen LogP contribution is -2.41. The maximum atomic E-state index is 13.9. The van der Waals surface area contributed by atoms with Gasteiger partial charge in [0.2, 0.25) is 0 Å². The predicted molar refractivity (Wildman–Crippen MR) is 122 cm³/mol. The van der Waals surface area contributed by atoms with Crippen molar-refractivity contribution in [2.75, 3.05) is 66.6 Å². The molecule has 1 fully saturated rings. The Labute approximate surface area is 181 Å². The van der Waals surface area contributed by atoms with Crippen LogP contribution in [0.15, 0.2) is 29.3 Å². The SMILES string of the molecule is CCNC(=NCC1CCN(Cc2ccccc2F)CC1)NCCN(C)CCCOC. The first kappa shape index (κ1) is 24.6. The third-order valence-electron chi connectivity index (χ3n) is 5.59. The van der Waals surface area contributed by atoms with Gasteiger partial charge >= 0.3 is 0 Å². The number of likely N-dealkylation sites (N-methyl/N-ethyl adjacent to an activating group) is 1. The molecule has 1 aliphatic heterocycles. The molecule has 0 saturated carbocycles. The lowest BCUT2D eigenvalue weighted by Gasteiger charge is -2.31. The van der Waals surface area contributed by atoms with Crippen LogP contribution in [0, 0.1) is 11.7 Å². The van der Waals surface area contributed by atoms with Crippen molar-refractivity contribution in [1.29, 1.82) is 0 Å². The van der Waals surface area contributed by atoms with Crippen LogP contribution in [-0.2, 0) is 11.3 Å². The number of hydrogen-bond donors (Lipinski definition) is 2. The Hall–Kier alpha value is -1.70. The topological polar surface area (TPSA) is 52.1 Å². The number of likely N-dealkylation sites (tertiary alicyclic amines) is 1. The van der Waals surface area contributed by atoms with Crippen molar-refractivity contribution in [1.82, 2.24) is 20.4 Å². The van der Waals surface area contributed by atoms with E-state index >= 15 is 0 Å². The highest BCUT2D eigenvalue weighted by Gasteiger charge is 2.20. The second-order valence-corrected chi connectivity index (χ2v) is 8.11. The fourth-order valence-electron chi connectivity index (χ4n) is 3.71. The second kappa shape index (κ2) is 14.3. The van der Waals surface area contributed by atoms with E-state index in [9.17, 15) is 4.39 Å². The number of piperidine rings is 1. The van der Waals surface area contributed by atoms with Gasteiger partial charge in [0, 0.05) is 58.5 Å². The van der Waals surface area contributed by atoms with E-state index < -0.39 is 0 Å². The van der Waals surface area contributed by atoms with Gasteiger partial charge in [0.25, 0.3) is 0 Å². The van der Waals surface area contributed by atoms with Crippen LogP contribution in [0.4, 0.5) is 4.39 Å². The highest BCUT2D eigenvalue weighted by atomic mass is 19.1. The lowest BCUT2D eigenvalue weighted by molar-refractivity contribution is 0.178. The number of benzene rings is 1. The highest BCUT2D eigenvalue weighted by Crippen LogP contribution is 2.20. The van der Waals surface area contributed by atoms with Gasteiger partial charge in [0.15, 0.2) is 5.96 Å². The Balaban J connectivity index is 1.69. The summed E-state index contributed by atoms with van der Waals surface area (Å²) >= 11 is 0. The van der Waals surface area contributed by atoms with Crippen LogP contribution < -0.4 is 10.6 Å². The van der Waals surface area contributed by atoms with Crippen LogP contribution >= 0.6 is 0 Å². The highest BCUT2D eigenvalue weighted by molar-refractivity contribution is 5.79. The molecular weight excluding hydrogens is 381 g/mol. The summed E-state index contributed by atoms with van der Waals surface area (Å²) in [5, 5.41) is 6.79. The molecule has 1 aromatic carbocycles. The zero-order valence-corrected chi connectivity index (χ0v) is 19.0. The van der Waals surface area contributed by atoms with Crippen molar-refractivity contribution in [2.45, 2.75) is 32.7 Å². The van der Waals surface area contributed by atoms with E-state index in [1.54, 1.807) is 19.2 Å². The maximum absolute atomic E-state index is 13.9. The van der Waals surface area contributed by atoms with Gasteiger partial charge in [-0.15, -0.1) is 0 Å². The van der Waals surface area contributed by atoms with Crippen molar-refractivity contribution in [2.24, 2.45) is 10.9 Å². The van der Waals surface area contributed by atoms with E-state index in [0.29, 0.717) is 12.5 Å². The molecule has 0 aromatic heterocycles. The molecule has 2 rings (SSSR count). The van der Waals surface area contributed by atoms with E-state index in [1.165, 1.54) is 0 Å². The molecule has 1 saturated heterocycles. The third kappa shape index (κ3) is 9.41. The molecule has 2 N–H and O–H groups in total. The molecule has 0 radical (unpaired) electrons. The summed E-state index contributed by atoms with van der Waals surface area (Å²) < 4.78 is 19.0. The summed E-state index contributed by atoms with van der Waals surface area (Å²) in [5.41, 5.74) is 0.791. The van der Waals surface area contributed by atoms with Crippen molar-refractivity contribution in [3.63, 3.8) is 0 Å². The predicted octanol–water partition coefficient (Wildman–Crippen LogP) is 2.56. The van der Waals surface area contributed by atoms with Crippen LogP contribution in [0.3, 0.4) is 0 Å². The fraction of sp³-hybridized carbons (Fsp3) is 0.696. The van der Waals surface area contributed by atoms with Crippen LogP contribution in [0.1, 0.15) is 31.7 Å². The van der Waals surface area contributed by atoms with Gasteiger partial charge in [-0.25, -0.2) is 4.39 Å². The summed E-state index contributed by atoms with van der Waals surface area (Å²) in [7, 11) is 3.88. The monoisotopic (exact) mass is 421 g/mol. The average Bonchev–Trinajstić information content (AvgIpc) is 2.75. The van der Waals surface area contributed by atoms with Gasteiger partial charge in [0.1, 0.15) is 5.82 Å². The largest absolute Gasteiger partial charge is 0.385 e. The Morgan fingerprint density at radius 3 is 2.70 bits per heavy atom. The van der Waals surface area contributed by atoms with E-state index in [0.717, 1.165) is 83.2 Å².